The van der Waals surface area contributed by atoms with Crippen LogP contribution in [0.3, 0.4) is 0 Å². The summed E-state index contributed by atoms with van der Waals surface area (Å²) < 4.78 is 0. The van der Waals surface area contributed by atoms with E-state index in [0.29, 0.717) is 23.8 Å². The van der Waals surface area contributed by atoms with Crippen LogP contribution in [0.1, 0.15) is 41.5 Å². The molecule has 2 N–H and O–H groups in total. The van der Waals surface area contributed by atoms with Crippen molar-refractivity contribution in [2.24, 2.45) is 5.92 Å². The Morgan fingerprint density at radius 1 is 1.21 bits per heavy atom. The number of piperidine rings is 1. The van der Waals surface area contributed by atoms with E-state index in [1.165, 1.54) is 16.8 Å². The van der Waals surface area contributed by atoms with Crippen LogP contribution < -0.4 is 5.32 Å². The lowest BCUT2D eigenvalue weighted by atomic mass is 9.94. The Morgan fingerprint density at radius 3 is 2.83 bits per heavy atom. The van der Waals surface area contributed by atoms with Crippen LogP contribution >= 0.6 is 0 Å². The van der Waals surface area contributed by atoms with Gasteiger partial charge in [-0.1, -0.05) is 24.3 Å². The first-order valence-corrected chi connectivity index (χ1v) is 8.94. The van der Waals surface area contributed by atoms with Gasteiger partial charge >= 0.3 is 6.03 Å². The monoisotopic (exact) mass is 322 g/mol. The molecule has 1 aromatic heterocycles. The summed E-state index contributed by atoms with van der Waals surface area (Å²) in [6.07, 6.45) is 4.94. The summed E-state index contributed by atoms with van der Waals surface area (Å²) in [6.45, 7) is 1.66. The van der Waals surface area contributed by atoms with Crippen LogP contribution in [0.4, 0.5) is 4.79 Å². The van der Waals surface area contributed by atoms with Crippen molar-refractivity contribution in [3.8, 4) is 0 Å². The molecule has 1 aromatic carbocycles. The molecule has 0 spiro atoms. The van der Waals surface area contributed by atoms with E-state index in [-0.39, 0.29) is 6.03 Å². The number of fused-ring (bicyclic) bond motifs is 3. The summed E-state index contributed by atoms with van der Waals surface area (Å²) in [6, 6.07) is 11.2. The number of likely N-dealkylation sites (tertiary alicyclic amines) is 1. The van der Waals surface area contributed by atoms with Gasteiger partial charge < -0.3 is 10.2 Å². The molecule has 24 heavy (non-hydrogen) atoms. The van der Waals surface area contributed by atoms with Crippen LogP contribution in [0.15, 0.2) is 36.5 Å². The third-order valence-corrected chi connectivity index (χ3v) is 6.07. The van der Waals surface area contributed by atoms with Gasteiger partial charge in [-0.05, 0) is 42.4 Å². The van der Waals surface area contributed by atoms with E-state index in [1.807, 2.05) is 11.0 Å². The van der Waals surface area contributed by atoms with Crippen molar-refractivity contribution in [1.82, 2.24) is 20.4 Å². The van der Waals surface area contributed by atoms with Gasteiger partial charge in [0.25, 0.3) is 0 Å². The second-order valence-electron chi connectivity index (χ2n) is 7.34. The minimum absolute atomic E-state index is 0.120. The highest BCUT2D eigenvalue weighted by Gasteiger charge is 2.56. The molecule has 3 aliphatic rings. The molecule has 2 fully saturated rings. The van der Waals surface area contributed by atoms with Gasteiger partial charge in [0, 0.05) is 42.9 Å². The fourth-order valence-electron chi connectivity index (χ4n) is 4.67. The summed E-state index contributed by atoms with van der Waals surface area (Å²) in [5, 5.41) is 10.4. The number of nitrogens with zero attached hydrogens (tertiary/aromatic N) is 2. The van der Waals surface area contributed by atoms with Gasteiger partial charge in [-0.3, -0.25) is 5.10 Å². The predicted octanol–water partition coefficient (Wildman–Crippen LogP) is 2.64. The molecule has 2 aromatic rings. The van der Waals surface area contributed by atoms with Crippen molar-refractivity contribution in [2.45, 2.75) is 37.1 Å². The smallest absolute Gasteiger partial charge is 0.317 e. The van der Waals surface area contributed by atoms with E-state index < -0.39 is 0 Å². The third-order valence-electron chi connectivity index (χ3n) is 6.07. The summed E-state index contributed by atoms with van der Waals surface area (Å²) >= 11 is 0. The number of urea groups is 1. The van der Waals surface area contributed by atoms with Gasteiger partial charge in [-0.2, -0.15) is 5.10 Å². The molecule has 0 radical (unpaired) electrons. The Morgan fingerprint density at radius 2 is 2.04 bits per heavy atom. The number of aromatic nitrogens is 2. The zero-order valence-electron chi connectivity index (χ0n) is 13.6. The molecular weight excluding hydrogens is 300 g/mol. The van der Waals surface area contributed by atoms with Crippen LogP contribution in [-0.4, -0.2) is 40.3 Å². The highest BCUT2D eigenvalue weighted by Crippen LogP contribution is 2.56. The van der Waals surface area contributed by atoms with Crippen molar-refractivity contribution < 1.29 is 4.79 Å². The molecule has 1 saturated carbocycles. The molecule has 3 atom stereocenters. The zero-order valence-corrected chi connectivity index (χ0v) is 13.6. The third kappa shape index (κ3) is 2.22. The molecule has 5 rings (SSSR count). The molecule has 1 aliphatic heterocycles. The van der Waals surface area contributed by atoms with Crippen molar-refractivity contribution in [3.05, 3.63) is 53.3 Å². The van der Waals surface area contributed by atoms with Crippen LogP contribution in [-0.2, 0) is 6.42 Å². The first-order chi connectivity index (χ1) is 11.8. The highest BCUT2D eigenvalue weighted by atomic mass is 16.2. The molecule has 1 saturated heterocycles. The molecule has 2 heterocycles. The largest absolute Gasteiger partial charge is 0.334 e. The first kappa shape index (κ1) is 14.1. The van der Waals surface area contributed by atoms with Gasteiger partial charge in [0.2, 0.25) is 0 Å². The average Bonchev–Trinajstić information content (AvgIpc) is 3.02. The van der Waals surface area contributed by atoms with Crippen molar-refractivity contribution in [2.75, 3.05) is 13.1 Å². The quantitative estimate of drug-likeness (QED) is 0.893. The number of amides is 2. The number of benzene rings is 1. The SMILES string of the molecule is O=C(NC1C2Cc3ccccc3C21)N1CCC(c2ccn[nH]2)CC1. The van der Waals surface area contributed by atoms with Gasteiger partial charge in [0.1, 0.15) is 0 Å². The fraction of sp³-hybridized carbons (Fsp3) is 0.474. The number of hydrogen-bond acceptors (Lipinski definition) is 2. The predicted molar refractivity (Wildman–Crippen MR) is 90.8 cm³/mol. The van der Waals surface area contributed by atoms with E-state index in [4.69, 9.17) is 0 Å². The molecular formula is C19H22N4O. The lowest BCUT2D eigenvalue weighted by molar-refractivity contribution is 0.180. The van der Waals surface area contributed by atoms with Crippen LogP contribution in [0.25, 0.3) is 0 Å². The Labute approximate surface area is 141 Å². The maximum Gasteiger partial charge on any atom is 0.317 e. The number of hydrogen-bond donors (Lipinski definition) is 2. The summed E-state index contributed by atoms with van der Waals surface area (Å²) in [5.41, 5.74) is 4.12. The Hall–Kier alpha value is -2.30. The van der Waals surface area contributed by atoms with Gasteiger partial charge in [0.15, 0.2) is 0 Å². The van der Waals surface area contributed by atoms with Gasteiger partial charge in [-0.15, -0.1) is 0 Å². The van der Waals surface area contributed by atoms with Crippen LogP contribution in [0.5, 0.6) is 0 Å². The number of carbonyl (C=O) groups excluding carboxylic acids is 1. The molecule has 2 aliphatic carbocycles. The lowest BCUT2D eigenvalue weighted by Crippen LogP contribution is -2.45. The number of aromatic amines is 1. The van der Waals surface area contributed by atoms with Crippen LogP contribution in [0.2, 0.25) is 0 Å². The topological polar surface area (TPSA) is 61.0 Å². The minimum Gasteiger partial charge on any atom is -0.334 e. The summed E-state index contributed by atoms with van der Waals surface area (Å²) in [4.78, 5) is 14.6. The number of nitrogens with one attached hydrogen (secondary N) is 2. The standard InChI is InChI=1S/C19H22N4O/c24-19(23-9-6-12(7-10-23)16-5-8-20-22-16)21-18-15-11-13-3-1-2-4-14(13)17(15)18/h1-5,8,12,15,17-18H,6-7,9-11H2,(H,20,22)(H,21,24). The number of rotatable bonds is 2. The van der Waals surface area contributed by atoms with Crippen LogP contribution in [0, 0.1) is 5.92 Å². The first-order valence-electron chi connectivity index (χ1n) is 8.94. The molecule has 2 amide bonds. The summed E-state index contributed by atoms with van der Waals surface area (Å²) in [5.74, 6) is 1.67. The number of H-pyrrole nitrogens is 1. The minimum atomic E-state index is 0.120. The number of carbonyl (C=O) groups is 1. The Balaban J connectivity index is 1.17. The highest BCUT2D eigenvalue weighted by molar-refractivity contribution is 5.75. The van der Waals surface area contributed by atoms with E-state index in [1.54, 1.807) is 6.20 Å². The fourth-order valence-corrected chi connectivity index (χ4v) is 4.67. The second kappa shape index (κ2) is 5.36. The summed E-state index contributed by atoms with van der Waals surface area (Å²) in [7, 11) is 0. The van der Waals surface area contributed by atoms with E-state index >= 15 is 0 Å². The van der Waals surface area contributed by atoms with E-state index in [0.717, 1.165) is 32.4 Å². The average molecular weight is 322 g/mol. The normalized spacial score (nSPS) is 28.3. The van der Waals surface area contributed by atoms with Crippen molar-refractivity contribution >= 4 is 6.03 Å². The Bertz CT molecular complexity index is 748. The second-order valence-corrected chi connectivity index (χ2v) is 7.34. The van der Waals surface area contributed by atoms with Gasteiger partial charge in [0.05, 0.1) is 0 Å². The van der Waals surface area contributed by atoms with Crippen molar-refractivity contribution in [3.63, 3.8) is 0 Å². The molecule has 5 nitrogen and oxygen atoms in total. The molecule has 5 heteroatoms. The van der Waals surface area contributed by atoms with E-state index in [9.17, 15) is 4.79 Å². The Kier molecular flexibility index (Phi) is 3.15. The molecule has 3 unspecified atom stereocenters. The van der Waals surface area contributed by atoms with Gasteiger partial charge in [-0.25, -0.2) is 4.79 Å². The molecule has 124 valence electrons. The lowest BCUT2D eigenvalue weighted by Gasteiger charge is -2.31. The maximum absolute atomic E-state index is 12.6. The van der Waals surface area contributed by atoms with Crippen molar-refractivity contribution in [1.29, 1.82) is 0 Å². The maximum atomic E-state index is 12.6. The van der Waals surface area contributed by atoms with E-state index in [2.05, 4.69) is 39.8 Å². The molecule has 0 bridgehead atoms. The zero-order chi connectivity index (χ0) is 16.1.